The van der Waals surface area contributed by atoms with Crippen LogP contribution in [0.25, 0.3) is 16.7 Å². The van der Waals surface area contributed by atoms with Crippen LogP contribution >= 0.6 is 0 Å². The number of nitrogens with zero attached hydrogens (tertiary/aromatic N) is 3. The van der Waals surface area contributed by atoms with Crippen LogP contribution < -0.4 is 0 Å². The minimum atomic E-state index is 0.232. The van der Waals surface area contributed by atoms with Gasteiger partial charge >= 0.3 is 0 Å². The van der Waals surface area contributed by atoms with Gasteiger partial charge in [0, 0.05) is 0 Å². The molecule has 18 heavy (non-hydrogen) atoms. The van der Waals surface area contributed by atoms with Gasteiger partial charge in [-0.15, -0.1) is 15.0 Å². The van der Waals surface area contributed by atoms with E-state index < -0.39 is 0 Å². The van der Waals surface area contributed by atoms with Gasteiger partial charge in [0.05, 0.1) is 0 Å². The van der Waals surface area contributed by atoms with E-state index in [9.17, 15) is 5.11 Å². The van der Waals surface area contributed by atoms with Crippen molar-refractivity contribution in [2.24, 2.45) is 0 Å². The van der Waals surface area contributed by atoms with Gasteiger partial charge in [-0.25, -0.2) is 0 Å². The van der Waals surface area contributed by atoms with Crippen molar-refractivity contribution in [3.8, 4) is 11.4 Å². The van der Waals surface area contributed by atoms with Crippen molar-refractivity contribution in [3.05, 3.63) is 47.5 Å². The molecule has 4 heteroatoms. The fourth-order valence-electron chi connectivity index (χ4n) is 1.99. The van der Waals surface area contributed by atoms with E-state index in [1.807, 2.05) is 50.2 Å². The molecule has 4 nitrogen and oxygen atoms in total. The molecule has 0 fully saturated rings. The number of aromatic hydroxyl groups is 1. The molecule has 1 heterocycles. The zero-order chi connectivity index (χ0) is 12.7. The molecule has 0 atom stereocenters. The molecule has 0 amide bonds. The van der Waals surface area contributed by atoms with Crippen LogP contribution in [0.1, 0.15) is 11.1 Å². The highest BCUT2D eigenvalue weighted by atomic mass is 16.3. The average molecular weight is 239 g/mol. The summed E-state index contributed by atoms with van der Waals surface area (Å²) in [5.74, 6) is 0.232. The first-order valence-corrected chi connectivity index (χ1v) is 5.78. The summed E-state index contributed by atoms with van der Waals surface area (Å²) in [6.45, 7) is 3.80. The van der Waals surface area contributed by atoms with Gasteiger partial charge in [-0.05, 0) is 37.1 Å². The van der Waals surface area contributed by atoms with Gasteiger partial charge in [-0.1, -0.05) is 24.3 Å². The van der Waals surface area contributed by atoms with Crippen LogP contribution in [0.2, 0.25) is 0 Å². The summed E-state index contributed by atoms with van der Waals surface area (Å²) in [5, 5.41) is 18.9. The molecule has 0 radical (unpaired) electrons. The molecule has 1 aromatic heterocycles. The average Bonchev–Trinajstić information content (AvgIpc) is 2.77. The Balaban J connectivity index is 2.29. The number of hydrogen-bond donors (Lipinski definition) is 1. The number of hydrogen-bond acceptors (Lipinski definition) is 3. The first-order valence-electron chi connectivity index (χ1n) is 5.78. The molecule has 2 aromatic carbocycles. The zero-order valence-corrected chi connectivity index (χ0v) is 10.3. The summed E-state index contributed by atoms with van der Waals surface area (Å²) in [6.07, 6.45) is 0. The molecule has 0 aliphatic carbocycles. The SMILES string of the molecule is Cc1ccc(C)c(-n2nc3ccccc3n2)c1O. The van der Waals surface area contributed by atoms with Crippen LogP contribution in [0.5, 0.6) is 5.75 Å². The number of phenols is 1. The Labute approximate surface area is 104 Å². The summed E-state index contributed by atoms with van der Waals surface area (Å²) in [5.41, 5.74) is 4.04. The lowest BCUT2D eigenvalue weighted by atomic mass is 10.1. The lowest BCUT2D eigenvalue weighted by Crippen LogP contribution is -2.02. The quantitative estimate of drug-likeness (QED) is 0.710. The Hall–Kier alpha value is -2.36. The van der Waals surface area contributed by atoms with Gasteiger partial charge in [-0.2, -0.15) is 0 Å². The van der Waals surface area contributed by atoms with E-state index in [4.69, 9.17) is 0 Å². The number of aromatic nitrogens is 3. The predicted octanol–water partition coefficient (Wildman–Crippen LogP) is 2.74. The fourth-order valence-corrected chi connectivity index (χ4v) is 1.99. The van der Waals surface area contributed by atoms with Crippen molar-refractivity contribution in [1.82, 2.24) is 15.0 Å². The third-order valence-corrected chi connectivity index (χ3v) is 3.04. The fraction of sp³-hybridized carbons (Fsp3) is 0.143. The summed E-state index contributed by atoms with van der Waals surface area (Å²) >= 11 is 0. The van der Waals surface area contributed by atoms with Crippen LogP contribution in [-0.2, 0) is 0 Å². The van der Waals surface area contributed by atoms with Crippen LogP contribution in [-0.4, -0.2) is 20.1 Å². The van der Waals surface area contributed by atoms with E-state index >= 15 is 0 Å². The summed E-state index contributed by atoms with van der Waals surface area (Å²) < 4.78 is 0. The molecule has 90 valence electrons. The molecule has 0 saturated heterocycles. The second-order valence-electron chi connectivity index (χ2n) is 4.37. The number of fused-ring (bicyclic) bond motifs is 1. The lowest BCUT2D eigenvalue weighted by molar-refractivity contribution is 0.463. The standard InChI is InChI=1S/C14H13N3O/c1-9-7-8-10(2)14(18)13(9)17-15-11-5-3-4-6-12(11)16-17/h3-8,18H,1-2H3. The highest BCUT2D eigenvalue weighted by molar-refractivity contribution is 5.74. The highest BCUT2D eigenvalue weighted by Gasteiger charge is 2.12. The molecule has 0 saturated carbocycles. The maximum Gasteiger partial charge on any atom is 0.146 e. The van der Waals surface area contributed by atoms with Gasteiger partial charge < -0.3 is 5.11 Å². The summed E-state index contributed by atoms with van der Waals surface area (Å²) in [6, 6.07) is 11.5. The first-order chi connectivity index (χ1) is 8.66. The molecular weight excluding hydrogens is 226 g/mol. The van der Waals surface area contributed by atoms with Crippen molar-refractivity contribution >= 4 is 11.0 Å². The van der Waals surface area contributed by atoms with E-state index in [1.165, 1.54) is 4.80 Å². The van der Waals surface area contributed by atoms with Crippen molar-refractivity contribution in [3.63, 3.8) is 0 Å². The molecule has 3 aromatic rings. The molecule has 1 N–H and O–H groups in total. The minimum Gasteiger partial charge on any atom is -0.505 e. The third kappa shape index (κ3) is 1.54. The second kappa shape index (κ2) is 3.84. The Kier molecular flexibility index (Phi) is 2.30. The Bertz CT molecular complexity index is 698. The van der Waals surface area contributed by atoms with E-state index in [1.54, 1.807) is 0 Å². The number of phenolic OH excluding ortho intramolecular Hbond substituents is 1. The van der Waals surface area contributed by atoms with Crippen molar-refractivity contribution in [2.45, 2.75) is 13.8 Å². The van der Waals surface area contributed by atoms with Gasteiger partial charge in [-0.3, -0.25) is 0 Å². The molecule has 0 aliphatic rings. The normalized spacial score (nSPS) is 11.0. The summed E-state index contributed by atoms with van der Waals surface area (Å²) in [4.78, 5) is 1.50. The first kappa shape index (κ1) is 10.8. The lowest BCUT2D eigenvalue weighted by Gasteiger charge is -2.08. The molecule has 0 unspecified atom stereocenters. The number of benzene rings is 2. The van der Waals surface area contributed by atoms with Crippen molar-refractivity contribution in [2.75, 3.05) is 0 Å². The highest BCUT2D eigenvalue weighted by Crippen LogP contribution is 2.28. The molecular formula is C14H13N3O. The number of rotatable bonds is 1. The topological polar surface area (TPSA) is 50.9 Å². The predicted molar refractivity (Wildman–Crippen MR) is 70.0 cm³/mol. The third-order valence-electron chi connectivity index (χ3n) is 3.04. The number of aryl methyl sites for hydroxylation is 2. The van der Waals surface area contributed by atoms with Crippen molar-refractivity contribution < 1.29 is 5.11 Å². The van der Waals surface area contributed by atoms with Gasteiger partial charge in [0.1, 0.15) is 22.5 Å². The Morgan fingerprint density at radius 2 is 1.44 bits per heavy atom. The minimum absolute atomic E-state index is 0.232. The summed E-state index contributed by atoms with van der Waals surface area (Å²) in [7, 11) is 0. The van der Waals surface area contributed by atoms with E-state index in [-0.39, 0.29) is 5.75 Å². The Morgan fingerprint density at radius 3 is 2.06 bits per heavy atom. The molecule has 3 rings (SSSR count). The molecule has 0 bridgehead atoms. The van der Waals surface area contributed by atoms with Gasteiger partial charge in [0.25, 0.3) is 0 Å². The maximum absolute atomic E-state index is 10.2. The zero-order valence-electron chi connectivity index (χ0n) is 10.3. The van der Waals surface area contributed by atoms with Crippen LogP contribution in [0.15, 0.2) is 36.4 Å². The molecule has 0 aliphatic heterocycles. The van der Waals surface area contributed by atoms with E-state index in [0.717, 1.165) is 22.2 Å². The van der Waals surface area contributed by atoms with Crippen LogP contribution in [0, 0.1) is 13.8 Å². The van der Waals surface area contributed by atoms with E-state index in [0.29, 0.717) is 5.69 Å². The van der Waals surface area contributed by atoms with E-state index in [2.05, 4.69) is 10.2 Å². The monoisotopic (exact) mass is 239 g/mol. The maximum atomic E-state index is 10.2. The molecule has 0 spiro atoms. The van der Waals surface area contributed by atoms with Crippen molar-refractivity contribution in [1.29, 1.82) is 0 Å². The van der Waals surface area contributed by atoms with Crippen LogP contribution in [0.4, 0.5) is 0 Å². The largest absolute Gasteiger partial charge is 0.505 e. The van der Waals surface area contributed by atoms with Gasteiger partial charge in [0.15, 0.2) is 0 Å². The smallest absolute Gasteiger partial charge is 0.146 e. The Morgan fingerprint density at radius 1 is 0.889 bits per heavy atom. The second-order valence-corrected chi connectivity index (χ2v) is 4.37. The van der Waals surface area contributed by atoms with Gasteiger partial charge in [0.2, 0.25) is 0 Å². The van der Waals surface area contributed by atoms with Crippen LogP contribution in [0.3, 0.4) is 0 Å².